The molecule has 3 rings (SSSR count). The van der Waals surface area contributed by atoms with Crippen LogP contribution in [0.5, 0.6) is 0 Å². The number of hydrogen-bond donors (Lipinski definition) is 1. The number of aromatic nitrogens is 2. The van der Waals surface area contributed by atoms with Crippen molar-refractivity contribution in [2.45, 2.75) is 0 Å². The molecule has 0 radical (unpaired) electrons. The van der Waals surface area contributed by atoms with Gasteiger partial charge in [-0.1, -0.05) is 43.5 Å². The van der Waals surface area contributed by atoms with Crippen LogP contribution in [0.25, 0.3) is 23.9 Å². The minimum Gasteiger partial charge on any atom is -0.322 e. The van der Waals surface area contributed by atoms with Crippen LogP contribution in [0.3, 0.4) is 0 Å². The van der Waals surface area contributed by atoms with Crippen molar-refractivity contribution in [2.24, 2.45) is 0 Å². The van der Waals surface area contributed by atoms with E-state index in [2.05, 4.69) is 23.1 Å². The topological polar surface area (TPSA) is 49.0 Å². The van der Waals surface area contributed by atoms with Gasteiger partial charge in [0.25, 0.3) is 5.56 Å². The van der Waals surface area contributed by atoms with Crippen molar-refractivity contribution in [2.75, 3.05) is 11.9 Å². The summed E-state index contributed by atoms with van der Waals surface area (Å²) in [5.41, 5.74) is 2.03. The summed E-state index contributed by atoms with van der Waals surface area (Å²) >= 11 is 1.50. The first-order valence-corrected chi connectivity index (χ1v) is 8.28. The molecule has 2 aromatic heterocycles. The Morgan fingerprint density at radius 1 is 1.29 bits per heavy atom. The Balaban J connectivity index is 2.04. The fraction of sp³-hybridized carbons (Fsp3) is 0.0526. The molecule has 2 heterocycles. The number of para-hydroxylation sites is 1. The minimum absolute atomic E-state index is 0.194. The number of rotatable bonds is 4. The number of anilines is 2. The van der Waals surface area contributed by atoms with Gasteiger partial charge in [0.1, 0.15) is 0 Å². The van der Waals surface area contributed by atoms with Gasteiger partial charge in [0.2, 0.25) is 0 Å². The molecule has 0 fully saturated rings. The van der Waals surface area contributed by atoms with Crippen molar-refractivity contribution in [3.05, 3.63) is 75.4 Å². The Kier molecular flexibility index (Phi) is 4.44. The highest BCUT2D eigenvalue weighted by molar-refractivity contribution is 7.14. The molecule has 1 N–H and O–H groups in total. The van der Waals surface area contributed by atoms with Gasteiger partial charge in [0.05, 0.1) is 11.3 Å². The molecule has 5 heteroatoms. The molecule has 120 valence electrons. The molecule has 0 spiro atoms. The van der Waals surface area contributed by atoms with Gasteiger partial charge in [0, 0.05) is 23.5 Å². The number of H-pyrrole nitrogens is 1. The highest BCUT2D eigenvalue weighted by atomic mass is 32.1. The third-order valence-electron chi connectivity index (χ3n) is 3.65. The quantitative estimate of drug-likeness (QED) is 0.797. The second kappa shape index (κ2) is 6.68. The number of allylic oxidation sites excluding steroid dienone is 1. The van der Waals surface area contributed by atoms with Crippen LogP contribution in [0.1, 0.15) is 0 Å². The zero-order chi connectivity index (χ0) is 17.1. The molecule has 0 unspecified atom stereocenters. The molecule has 0 aliphatic heterocycles. The van der Waals surface area contributed by atoms with Gasteiger partial charge in [-0.15, -0.1) is 11.3 Å². The van der Waals surface area contributed by atoms with Crippen LogP contribution in [0, 0.1) is 0 Å². The van der Waals surface area contributed by atoms with Gasteiger partial charge in [0.15, 0.2) is 5.13 Å². The van der Waals surface area contributed by atoms with E-state index in [0.29, 0.717) is 16.6 Å². The monoisotopic (exact) mass is 335 g/mol. The number of benzene rings is 1. The van der Waals surface area contributed by atoms with Gasteiger partial charge in [-0.2, -0.15) is 0 Å². The summed E-state index contributed by atoms with van der Waals surface area (Å²) in [6.45, 7) is 7.53. The summed E-state index contributed by atoms with van der Waals surface area (Å²) in [6.07, 6.45) is 3.48. The number of aromatic amines is 1. The molecule has 0 bridgehead atoms. The summed E-state index contributed by atoms with van der Waals surface area (Å²) < 4.78 is 0. The van der Waals surface area contributed by atoms with Gasteiger partial charge in [-0.05, 0) is 23.4 Å². The van der Waals surface area contributed by atoms with Crippen LogP contribution in [0.15, 0.2) is 59.2 Å². The summed E-state index contributed by atoms with van der Waals surface area (Å²) in [5.74, 6) is 0. The first-order valence-electron chi connectivity index (χ1n) is 7.40. The van der Waals surface area contributed by atoms with E-state index >= 15 is 0 Å². The van der Waals surface area contributed by atoms with Crippen molar-refractivity contribution in [3.8, 4) is 11.3 Å². The summed E-state index contributed by atoms with van der Waals surface area (Å²) in [5, 5.41) is 4.11. The first-order chi connectivity index (χ1) is 11.6. The molecule has 24 heavy (non-hydrogen) atoms. The Morgan fingerprint density at radius 3 is 2.75 bits per heavy atom. The molecule has 0 amide bonds. The van der Waals surface area contributed by atoms with Gasteiger partial charge >= 0.3 is 0 Å². The van der Waals surface area contributed by atoms with Crippen molar-refractivity contribution < 1.29 is 0 Å². The standard InChI is InChI=1S/C19H17N3OS/c1-4-8-14-11-16(18(23)20-13(14)2)17-12-24-19(21-17)22(3)15-9-6-5-7-10-15/h4-12H,1-2H2,3H3,(H,20,23). The Bertz CT molecular complexity index is 1030. The van der Waals surface area contributed by atoms with Crippen molar-refractivity contribution >= 4 is 34.8 Å². The van der Waals surface area contributed by atoms with Crippen molar-refractivity contribution in [1.82, 2.24) is 9.97 Å². The molecule has 0 atom stereocenters. The van der Waals surface area contributed by atoms with Crippen molar-refractivity contribution in [1.29, 1.82) is 0 Å². The smallest absolute Gasteiger partial charge is 0.257 e. The Hall–Kier alpha value is -2.92. The highest BCUT2D eigenvalue weighted by Crippen LogP contribution is 2.29. The van der Waals surface area contributed by atoms with E-state index in [-0.39, 0.29) is 5.56 Å². The van der Waals surface area contributed by atoms with Crippen LogP contribution < -0.4 is 21.0 Å². The third-order valence-corrected chi connectivity index (χ3v) is 4.57. The number of nitrogens with zero attached hydrogens (tertiary/aromatic N) is 2. The van der Waals surface area contributed by atoms with Crippen molar-refractivity contribution in [3.63, 3.8) is 0 Å². The fourth-order valence-electron chi connectivity index (χ4n) is 2.35. The second-order valence-corrected chi connectivity index (χ2v) is 6.09. The molecule has 0 saturated heterocycles. The molecule has 4 nitrogen and oxygen atoms in total. The lowest BCUT2D eigenvalue weighted by Crippen LogP contribution is -2.33. The van der Waals surface area contributed by atoms with Gasteiger partial charge in [-0.3, -0.25) is 4.79 Å². The first kappa shape index (κ1) is 16.0. The van der Waals surface area contributed by atoms with Gasteiger partial charge < -0.3 is 9.88 Å². The van der Waals surface area contributed by atoms with Crippen LogP contribution >= 0.6 is 11.3 Å². The van der Waals surface area contributed by atoms with E-state index in [1.165, 1.54) is 11.3 Å². The molecular weight excluding hydrogens is 318 g/mol. The molecular formula is C19H17N3OS. The van der Waals surface area contributed by atoms with Crippen LogP contribution in [-0.4, -0.2) is 17.0 Å². The van der Waals surface area contributed by atoms with E-state index in [0.717, 1.165) is 16.0 Å². The predicted molar refractivity (Wildman–Crippen MR) is 102 cm³/mol. The Morgan fingerprint density at radius 2 is 2.04 bits per heavy atom. The average molecular weight is 335 g/mol. The van der Waals surface area contributed by atoms with Crippen LogP contribution in [-0.2, 0) is 0 Å². The van der Waals surface area contributed by atoms with E-state index in [4.69, 9.17) is 0 Å². The maximum Gasteiger partial charge on any atom is 0.257 e. The van der Waals surface area contributed by atoms with E-state index in [1.807, 2.05) is 53.7 Å². The zero-order valence-corrected chi connectivity index (χ0v) is 14.1. The molecule has 0 saturated carbocycles. The summed E-state index contributed by atoms with van der Waals surface area (Å²) in [4.78, 5) is 21.6. The fourth-order valence-corrected chi connectivity index (χ4v) is 3.17. The zero-order valence-electron chi connectivity index (χ0n) is 13.3. The lowest BCUT2D eigenvalue weighted by Gasteiger charge is -2.15. The number of thiazole rings is 1. The molecule has 0 aliphatic rings. The van der Waals surface area contributed by atoms with Gasteiger partial charge in [-0.25, -0.2) is 4.98 Å². The highest BCUT2D eigenvalue weighted by Gasteiger charge is 2.12. The summed E-state index contributed by atoms with van der Waals surface area (Å²) in [6, 6.07) is 11.8. The van der Waals surface area contributed by atoms with E-state index < -0.39 is 0 Å². The number of hydrogen-bond acceptors (Lipinski definition) is 4. The predicted octanol–water partition coefficient (Wildman–Crippen LogP) is 2.64. The maximum atomic E-state index is 12.3. The summed E-state index contributed by atoms with van der Waals surface area (Å²) in [7, 11) is 1.96. The van der Waals surface area contributed by atoms with Crippen LogP contribution in [0.2, 0.25) is 0 Å². The molecule has 0 aliphatic carbocycles. The molecule has 1 aromatic carbocycles. The third kappa shape index (κ3) is 3.07. The van der Waals surface area contributed by atoms with E-state index in [9.17, 15) is 4.79 Å². The average Bonchev–Trinajstić information content (AvgIpc) is 3.07. The molecule has 3 aromatic rings. The minimum atomic E-state index is -0.194. The Labute approximate surface area is 143 Å². The number of pyridine rings is 1. The lowest BCUT2D eigenvalue weighted by atomic mass is 10.2. The second-order valence-electron chi connectivity index (χ2n) is 5.26. The number of nitrogens with one attached hydrogen (secondary N) is 1. The lowest BCUT2D eigenvalue weighted by molar-refractivity contribution is 1.14. The normalized spacial score (nSPS) is 11.5. The maximum absolute atomic E-state index is 12.3. The largest absolute Gasteiger partial charge is 0.322 e. The van der Waals surface area contributed by atoms with Crippen LogP contribution in [0.4, 0.5) is 10.8 Å². The SMILES string of the molecule is C=CC=c1cc(-c2csc(N(C)c3ccccc3)n2)c(=O)[nH]c1=C. The van der Waals surface area contributed by atoms with E-state index in [1.54, 1.807) is 12.1 Å².